The SMILES string of the molecule is CCOc1ccc(Cl)c(C(=O)CCBr)c1. The molecule has 0 spiro atoms. The molecular formula is C11H12BrClO2. The molecule has 4 heteroatoms. The van der Waals surface area contributed by atoms with Gasteiger partial charge in [0.2, 0.25) is 0 Å². The van der Waals surface area contributed by atoms with Crippen molar-refractivity contribution in [2.45, 2.75) is 13.3 Å². The van der Waals surface area contributed by atoms with Gasteiger partial charge in [0, 0.05) is 17.3 Å². The van der Waals surface area contributed by atoms with Gasteiger partial charge in [-0.3, -0.25) is 4.79 Å². The molecule has 0 saturated carbocycles. The molecule has 0 aliphatic carbocycles. The number of rotatable bonds is 5. The molecule has 0 bridgehead atoms. The lowest BCUT2D eigenvalue weighted by Gasteiger charge is -2.06. The Labute approximate surface area is 103 Å². The number of hydrogen-bond acceptors (Lipinski definition) is 2. The van der Waals surface area contributed by atoms with E-state index < -0.39 is 0 Å². The molecule has 0 heterocycles. The topological polar surface area (TPSA) is 26.3 Å². The van der Waals surface area contributed by atoms with E-state index in [4.69, 9.17) is 16.3 Å². The van der Waals surface area contributed by atoms with Gasteiger partial charge < -0.3 is 4.74 Å². The Morgan fingerprint density at radius 1 is 1.53 bits per heavy atom. The van der Waals surface area contributed by atoms with Gasteiger partial charge in [0.15, 0.2) is 5.78 Å². The van der Waals surface area contributed by atoms with Crippen LogP contribution in [0.3, 0.4) is 0 Å². The fourth-order valence-electron chi connectivity index (χ4n) is 1.20. The van der Waals surface area contributed by atoms with Gasteiger partial charge in [0.25, 0.3) is 0 Å². The van der Waals surface area contributed by atoms with Crippen molar-refractivity contribution in [1.82, 2.24) is 0 Å². The minimum atomic E-state index is 0.0263. The Kier molecular flexibility index (Phi) is 5.12. The van der Waals surface area contributed by atoms with Crippen LogP contribution in [0.1, 0.15) is 23.7 Å². The van der Waals surface area contributed by atoms with Gasteiger partial charge in [-0.2, -0.15) is 0 Å². The van der Waals surface area contributed by atoms with Gasteiger partial charge in [0.05, 0.1) is 11.6 Å². The summed E-state index contributed by atoms with van der Waals surface area (Å²) in [6.07, 6.45) is 0.440. The number of carbonyl (C=O) groups excluding carboxylic acids is 1. The monoisotopic (exact) mass is 290 g/mol. The number of Topliss-reactive ketones (excluding diaryl/α,β-unsaturated/α-hetero) is 1. The van der Waals surface area contributed by atoms with E-state index in [1.165, 1.54) is 0 Å². The van der Waals surface area contributed by atoms with Crippen LogP contribution in [0.15, 0.2) is 18.2 Å². The average molecular weight is 292 g/mol. The molecule has 1 aromatic carbocycles. The van der Waals surface area contributed by atoms with Crippen LogP contribution in [0.2, 0.25) is 5.02 Å². The van der Waals surface area contributed by atoms with Crippen molar-refractivity contribution in [3.8, 4) is 5.75 Å². The number of ketones is 1. The molecule has 0 radical (unpaired) electrons. The average Bonchev–Trinajstić information content (AvgIpc) is 2.21. The Bertz CT molecular complexity index is 352. The predicted octanol–water partition coefficient (Wildman–Crippen LogP) is 3.71. The second-order valence-electron chi connectivity index (χ2n) is 2.94. The van der Waals surface area contributed by atoms with Crippen molar-refractivity contribution in [1.29, 1.82) is 0 Å². The highest BCUT2D eigenvalue weighted by Gasteiger charge is 2.10. The molecule has 0 aromatic heterocycles. The summed E-state index contributed by atoms with van der Waals surface area (Å²) in [7, 11) is 0. The molecule has 1 rings (SSSR count). The van der Waals surface area contributed by atoms with Crippen LogP contribution >= 0.6 is 27.5 Å². The first kappa shape index (κ1) is 12.5. The lowest BCUT2D eigenvalue weighted by atomic mass is 10.1. The molecule has 2 nitrogen and oxygen atoms in total. The highest BCUT2D eigenvalue weighted by molar-refractivity contribution is 9.09. The summed E-state index contributed by atoms with van der Waals surface area (Å²) >= 11 is 9.16. The number of benzene rings is 1. The zero-order valence-corrected chi connectivity index (χ0v) is 10.8. The van der Waals surface area contributed by atoms with E-state index in [0.29, 0.717) is 34.7 Å². The number of halogens is 2. The third-order valence-electron chi connectivity index (χ3n) is 1.87. The van der Waals surface area contributed by atoms with Crippen LogP contribution in [-0.2, 0) is 0 Å². The first-order chi connectivity index (χ1) is 7.19. The van der Waals surface area contributed by atoms with E-state index in [0.717, 1.165) is 0 Å². The second kappa shape index (κ2) is 6.13. The fraction of sp³-hybridized carbons (Fsp3) is 0.364. The van der Waals surface area contributed by atoms with E-state index in [1.807, 2.05) is 6.92 Å². The van der Waals surface area contributed by atoms with Gasteiger partial charge >= 0.3 is 0 Å². The molecule has 0 saturated heterocycles. The van der Waals surface area contributed by atoms with Crippen molar-refractivity contribution in [2.75, 3.05) is 11.9 Å². The van der Waals surface area contributed by atoms with E-state index in [2.05, 4.69) is 15.9 Å². The first-order valence-corrected chi connectivity index (χ1v) is 6.20. The standard InChI is InChI=1S/C11H12BrClO2/c1-2-15-8-3-4-10(13)9(7-8)11(14)5-6-12/h3-4,7H,2,5-6H2,1H3. The smallest absolute Gasteiger partial charge is 0.165 e. The predicted molar refractivity (Wildman–Crippen MR) is 65.4 cm³/mol. The molecule has 0 fully saturated rings. The minimum absolute atomic E-state index is 0.0263. The molecule has 0 atom stereocenters. The second-order valence-corrected chi connectivity index (χ2v) is 4.14. The molecule has 82 valence electrons. The third kappa shape index (κ3) is 3.50. The number of carbonyl (C=O) groups is 1. The van der Waals surface area contributed by atoms with Crippen LogP contribution in [-0.4, -0.2) is 17.7 Å². The number of hydrogen-bond donors (Lipinski definition) is 0. The Balaban J connectivity index is 2.94. The summed E-state index contributed by atoms with van der Waals surface area (Å²) in [4.78, 5) is 11.7. The van der Waals surface area contributed by atoms with Crippen LogP contribution in [0.5, 0.6) is 5.75 Å². The fourth-order valence-corrected chi connectivity index (χ4v) is 1.78. The molecule has 1 aromatic rings. The van der Waals surface area contributed by atoms with Crippen molar-refractivity contribution in [2.24, 2.45) is 0 Å². The summed E-state index contributed by atoms with van der Waals surface area (Å²) in [5.74, 6) is 0.707. The molecule has 0 N–H and O–H groups in total. The van der Waals surface area contributed by atoms with Crippen molar-refractivity contribution >= 4 is 33.3 Å². The summed E-state index contributed by atoms with van der Waals surface area (Å²) in [6, 6.07) is 5.14. The van der Waals surface area contributed by atoms with Gasteiger partial charge in [0.1, 0.15) is 5.75 Å². The highest BCUT2D eigenvalue weighted by atomic mass is 79.9. The van der Waals surface area contributed by atoms with Crippen molar-refractivity contribution < 1.29 is 9.53 Å². The van der Waals surface area contributed by atoms with Crippen LogP contribution < -0.4 is 4.74 Å². The summed E-state index contributed by atoms with van der Waals surface area (Å²) < 4.78 is 5.31. The van der Waals surface area contributed by atoms with Crippen molar-refractivity contribution in [3.05, 3.63) is 28.8 Å². The third-order valence-corrected chi connectivity index (χ3v) is 2.60. The molecule has 0 unspecified atom stereocenters. The van der Waals surface area contributed by atoms with Crippen LogP contribution in [0, 0.1) is 0 Å². The number of alkyl halides is 1. The summed E-state index contributed by atoms with van der Waals surface area (Å²) in [6.45, 7) is 2.47. The maximum absolute atomic E-state index is 11.7. The largest absolute Gasteiger partial charge is 0.494 e. The normalized spacial score (nSPS) is 10.1. The van der Waals surface area contributed by atoms with Crippen LogP contribution in [0.25, 0.3) is 0 Å². The Morgan fingerprint density at radius 2 is 2.27 bits per heavy atom. The zero-order valence-electron chi connectivity index (χ0n) is 8.43. The van der Waals surface area contributed by atoms with Gasteiger partial charge in [-0.05, 0) is 25.1 Å². The molecule has 15 heavy (non-hydrogen) atoms. The van der Waals surface area contributed by atoms with E-state index in [1.54, 1.807) is 18.2 Å². The lowest BCUT2D eigenvalue weighted by molar-refractivity contribution is 0.0989. The maximum atomic E-state index is 11.7. The molecule has 0 amide bonds. The number of ether oxygens (including phenoxy) is 1. The maximum Gasteiger partial charge on any atom is 0.165 e. The van der Waals surface area contributed by atoms with E-state index in [9.17, 15) is 4.79 Å². The zero-order chi connectivity index (χ0) is 11.3. The molecular weight excluding hydrogens is 279 g/mol. The van der Waals surface area contributed by atoms with Crippen molar-refractivity contribution in [3.63, 3.8) is 0 Å². The summed E-state index contributed by atoms with van der Waals surface area (Å²) in [5.41, 5.74) is 0.530. The highest BCUT2D eigenvalue weighted by Crippen LogP contribution is 2.23. The Morgan fingerprint density at radius 3 is 2.87 bits per heavy atom. The lowest BCUT2D eigenvalue weighted by Crippen LogP contribution is -2.01. The summed E-state index contributed by atoms with van der Waals surface area (Å²) in [5, 5.41) is 1.12. The van der Waals surface area contributed by atoms with E-state index in [-0.39, 0.29) is 5.78 Å². The van der Waals surface area contributed by atoms with E-state index >= 15 is 0 Å². The molecule has 0 aliphatic heterocycles. The quantitative estimate of drug-likeness (QED) is 0.611. The molecule has 0 aliphatic rings. The first-order valence-electron chi connectivity index (χ1n) is 4.70. The van der Waals surface area contributed by atoms with Gasteiger partial charge in [-0.25, -0.2) is 0 Å². The van der Waals surface area contributed by atoms with Gasteiger partial charge in [-0.15, -0.1) is 0 Å². The van der Waals surface area contributed by atoms with Crippen LogP contribution in [0.4, 0.5) is 0 Å². The van der Waals surface area contributed by atoms with Gasteiger partial charge in [-0.1, -0.05) is 27.5 Å². The Hall–Kier alpha value is -0.540. The minimum Gasteiger partial charge on any atom is -0.494 e.